The van der Waals surface area contributed by atoms with Crippen molar-refractivity contribution in [3.05, 3.63) is 11.1 Å². The zero-order valence-corrected chi connectivity index (χ0v) is 12.3. The lowest BCUT2D eigenvalue weighted by Gasteiger charge is -2.19. The van der Waals surface area contributed by atoms with Crippen LogP contribution < -0.4 is 10.2 Å². The van der Waals surface area contributed by atoms with Gasteiger partial charge in [-0.3, -0.25) is 0 Å². The van der Waals surface area contributed by atoms with E-state index < -0.39 is 0 Å². The number of nitrogens with zero attached hydrogens (tertiary/aromatic N) is 2. The minimum atomic E-state index is 0.727. The molecule has 0 saturated heterocycles. The summed E-state index contributed by atoms with van der Waals surface area (Å²) in [7, 11) is 2.13. The van der Waals surface area contributed by atoms with Crippen molar-refractivity contribution in [3.8, 4) is 0 Å². The monoisotopic (exact) mass is 255 g/mol. The smallest absolute Gasteiger partial charge is 0.185 e. The van der Waals surface area contributed by atoms with Gasteiger partial charge in [0.05, 0.1) is 5.69 Å². The van der Waals surface area contributed by atoms with E-state index in [1.807, 2.05) is 0 Å². The number of thiazole rings is 1. The summed E-state index contributed by atoms with van der Waals surface area (Å²) in [6.45, 7) is 9.75. The summed E-state index contributed by atoms with van der Waals surface area (Å²) in [5, 5.41) is 6.68. The van der Waals surface area contributed by atoms with E-state index in [4.69, 9.17) is 0 Å². The normalized spacial score (nSPS) is 12.7. The molecule has 0 radical (unpaired) electrons. The first-order valence-corrected chi connectivity index (χ1v) is 7.41. The SMILES string of the molecule is CCCNCc1csc(N(C)CC(C)CC)n1. The third kappa shape index (κ3) is 5.04. The van der Waals surface area contributed by atoms with Gasteiger partial charge in [0.15, 0.2) is 5.13 Å². The highest BCUT2D eigenvalue weighted by atomic mass is 32.1. The molecule has 0 aliphatic rings. The quantitative estimate of drug-likeness (QED) is 0.723. The summed E-state index contributed by atoms with van der Waals surface area (Å²) < 4.78 is 0. The summed E-state index contributed by atoms with van der Waals surface area (Å²) in [5.41, 5.74) is 1.16. The molecule has 1 rings (SSSR count). The van der Waals surface area contributed by atoms with Crippen LogP contribution in [0.4, 0.5) is 5.13 Å². The third-order valence-electron chi connectivity index (χ3n) is 2.88. The Kier molecular flexibility index (Phi) is 6.52. The number of anilines is 1. The van der Waals surface area contributed by atoms with Crippen molar-refractivity contribution < 1.29 is 0 Å². The number of nitrogens with one attached hydrogen (secondary N) is 1. The first-order valence-electron chi connectivity index (χ1n) is 6.53. The number of hydrogen-bond acceptors (Lipinski definition) is 4. The average Bonchev–Trinajstić information content (AvgIpc) is 2.78. The van der Waals surface area contributed by atoms with Crippen LogP contribution in [-0.4, -0.2) is 25.1 Å². The zero-order chi connectivity index (χ0) is 12.7. The van der Waals surface area contributed by atoms with Gasteiger partial charge < -0.3 is 10.2 Å². The highest BCUT2D eigenvalue weighted by molar-refractivity contribution is 7.13. The van der Waals surface area contributed by atoms with Gasteiger partial charge in [0.1, 0.15) is 0 Å². The number of aromatic nitrogens is 1. The minimum Gasteiger partial charge on any atom is -0.351 e. The topological polar surface area (TPSA) is 28.2 Å². The second kappa shape index (κ2) is 7.67. The molecule has 0 spiro atoms. The summed E-state index contributed by atoms with van der Waals surface area (Å²) >= 11 is 1.74. The fraction of sp³-hybridized carbons (Fsp3) is 0.769. The van der Waals surface area contributed by atoms with Crippen LogP contribution in [0.1, 0.15) is 39.3 Å². The zero-order valence-electron chi connectivity index (χ0n) is 11.5. The lowest BCUT2D eigenvalue weighted by molar-refractivity contribution is 0.559. The molecule has 0 fully saturated rings. The standard InChI is InChI=1S/C13H25N3S/c1-5-7-14-8-12-10-17-13(15-12)16(4)9-11(3)6-2/h10-11,14H,5-9H2,1-4H3. The van der Waals surface area contributed by atoms with Crippen LogP contribution in [0.3, 0.4) is 0 Å². The van der Waals surface area contributed by atoms with Crippen LogP contribution in [0, 0.1) is 5.92 Å². The maximum absolute atomic E-state index is 4.65. The van der Waals surface area contributed by atoms with Crippen molar-refractivity contribution in [2.24, 2.45) is 5.92 Å². The molecule has 1 aromatic rings. The molecule has 0 bridgehead atoms. The second-order valence-electron chi connectivity index (χ2n) is 4.69. The molecule has 17 heavy (non-hydrogen) atoms. The van der Waals surface area contributed by atoms with E-state index in [0.717, 1.165) is 36.4 Å². The van der Waals surface area contributed by atoms with E-state index in [2.05, 4.69) is 48.4 Å². The number of rotatable bonds is 8. The molecule has 1 heterocycles. The lowest BCUT2D eigenvalue weighted by Crippen LogP contribution is -2.23. The molecular weight excluding hydrogens is 230 g/mol. The predicted octanol–water partition coefficient (Wildman–Crippen LogP) is 3.13. The Morgan fingerprint density at radius 3 is 2.88 bits per heavy atom. The molecule has 0 aliphatic carbocycles. The maximum Gasteiger partial charge on any atom is 0.185 e. The van der Waals surface area contributed by atoms with E-state index in [9.17, 15) is 0 Å². The van der Waals surface area contributed by atoms with Gasteiger partial charge in [0.2, 0.25) is 0 Å². The van der Waals surface area contributed by atoms with Gasteiger partial charge in [0.25, 0.3) is 0 Å². The van der Waals surface area contributed by atoms with Gasteiger partial charge in [-0.15, -0.1) is 11.3 Å². The fourth-order valence-corrected chi connectivity index (χ4v) is 2.42. The van der Waals surface area contributed by atoms with Crippen LogP contribution in [0.15, 0.2) is 5.38 Å². The van der Waals surface area contributed by atoms with E-state index >= 15 is 0 Å². The summed E-state index contributed by atoms with van der Waals surface area (Å²) in [6.07, 6.45) is 2.39. The molecule has 0 amide bonds. The van der Waals surface area contributed by atoms with Crippen molar-refractivity contribution in [2.75, 3.05) is 25.0 Å². The maximum atomic E-state index is 4.65. The van der Waals surface area contributed by atoms with Gasteiger partial charge in [-0.1, -0.05) is 27.2 Å². The molecule has 1 N–H and O–H groups in total. The molecular formula is C13H25N3S. The molecule has 0 aliphatic heterocycles. The van der Waals surface area contributed by atoms with E-state index in [-0.39, 0.29) is 0 Å². The first-order chi connectivity index (χ1) is 8.17. The molecule has 98 valence electrons. The fourth-order valence-electron chi connectivity index (χ4n) is 1.62. The Morgan fingerprint density at radius 1 is 1.47 bits per heavy atom. The van der Waals surface area contributed by atoms with Crippen molar-refractivity contribution in [1.29, 1.82) is 0 Å². The van der Waals surface area contributed by atoms with Gasteiger partial charge in [-0.25, -0.2) is 4.98 Å². The van der Waals surface area contributed by atoms with Crippen molar-refractivity contribution >= 4 is 16.5 Å². The Bertz CT molecular complexity index is 311. The molecule has 1 aromatic heterocycles. The first kappa shape index (κ1) is 14.5. The minimum absolute atomic E-state index is 0.727. The predicted molar refractivity (Wildman–Crippen MR) is 76.8 cm³/mol. The Hall–Kier alpha value is -0.610. The van der Waals surface area contributed by atoms with Crippen molar-refractivity contribution in [2.45, 2.75) is 40.2 Å². The molecule has 4 heteroatoms. The van der Waals surface area contributed by atoms with Crippen molar-refractivity contribution in [3.63, 3.8) is 0 Å². The highest BCUT2D eigenvalue weighted by Crippen LogP contribution is 2.20. The van der Waals surface area contributed by atoms with Crippen LogP contribution in [0.5, 0.6) is 0 Å². The van der Waals surface area contributed by atoms with Gasteiger partial charge >= 0.3 is 0 Å². The third-order valence-corrected chi connectivity index (χ3v) is 3.89. The van der Waals surface area contributed by atoms with Crippen LogP contribution >= 0.6 is 11.3 Å². The molecule has 0 aromatic carbocycles. The lowest BCUT2D eigenvalue weighted by atomic mass is 10.1. The largest absolute Gasteiger partial charge is 0.351 e. The Balaban J connectivity index is 2.43. The number of hydrogen-bond donors (Lipinski definition) is 1. The van der Waals surface area contributed by atoms with Gasteiger partial charge in [0, 0.05) is 25.5 Å². The van der Waals surface area contributed by atoms with Crippen LogP contribution in [0.2, 0.25) is 0 Å². The average molecular weight is 255 g/mol. The van der Waals surface area contributed by atoms with Crippen molar-refractivity contribution in [1.82, 2.24) is 10.3 Å². The van der Waals surface area contributed by atoms with E-state index in [1.165, 1.54) is 12.8 Å². The molecule has 1 unspecified atom stereocenters. The summed E-state index contributed by atoms with van der Waals surface area (Å²) in [5.74, 6) is 0.727. The van der Waals surface area contributed by atoms with Gasteiger partial charge in [-0.05, 0) is 18.9 Å². The van der Waals surface area contributed by atoms with Gasteiger partial charge in [-0.2, -0.15) is 0 Å². The molecule has 0 saturated carbocycles. The van der Waals surface area contributed by atoms with E-state index in [1.54, 1.807) is 11.3 Å². The summed E-state index contributed by atoms with van der Waals surface area (Å²) in [4.78, 5) is 6.92. The van der Waals surface area contributed by atoms with Crippen LogP contribution in [0.25, 0.3) is 0 Å². The van der Waals surface area contributed by atoms with Crippen LogP contribution in [-0.2, 0) is 6.54 Å². The molecule has 1 atom stereocenters. The Morgan fingerprint density at radius 2 is 2.24 bits per heavy atom. The molecule has 3 nitrogen and oxygen atoms in total. The summed E-state index contributed by atoms with van der Waals surface area (Å²) in [6, 6.07) is 0. The Labute approximate surface area is 109 Å². The van der Waals surface area contributed by atoms with E-state index in [0.29, 0.717) is 0 Å². The highest BCUT2D eigenvalue weighted by Gasteiger charge is 2.09. The second-order valence-corrected chi connectivity index (χ2v) is 5.53.